The Morgan fingerprint density at radius 2 is 2.14 bits per heavy atom. The van der Waals surface area contributed by atoms with Gasteiger partial charge in [0, 0.05) is 6.54 Å². The van der Waals surface area contributed by atoms with E-state index in [-0.39, 0.29) is 31.6 Å². The van der Waals surface area contributed by atoms with Gasteiger partial charge in [-0.15, -0.1) is 13.2 Å². The number of hydrogen-bond donors (Lipinski definition) is 1. The maximum Gasteiger partial charge on any atom is 0.312 e. The van der Waals surface area contributed by atoms with Gasteiger partial charge < -0.3 is 24.4 Å². The van der Waals surface area contributed by atoms with Crippen LogP contribution in [0.4, 0.5) is 5.69 Å². The molecular weight excluding hydrogens is 484 g/mol. The summed E-state index contributed by atoms with van der Waals surface area (Å²) in [6.45, 7) is 11.0. The smallest absolute Gasteiger partial charge is 0.312 e. The van der Waals surface area contributed by atoms with Gasteiger partial charge in [-0.2, -0.15) is 0 Å². The Morgan fingerprint density at radius 1 is 1.39 bits per heavy atom. The molecule has 0 aromatic heterocycles. The molecule has 2 amide bonds. The largest absolute Gasteiger partial charge is 0.465 e. The molecule has 0 radical (unpaired) electrons. The third-order valence-electron chi connectivity index (χ3n) is 7.59. The molecule has 3 fully saturated rings. The lowest BCUT2D eigenvalue weighted by atomic mass is 9.70. The van der Waals surface area contributed by atoms with Crippen LogP contribution in [0, 0.1) is 18.8 Å². The summed E-state index contributed by atoms with van der Waals surface area (Å²) in [5, 5.41) is 10.4. The quantitative estimate of drug-likeness (QED) is 0.292. The van der Waals surface area contributed by atoms with Crippen molar-refractivity contribution in [1.29, 1.82) is 0 Å². The summed E-state index contributed by atoms with van der Waals surface area (Å²) in [5.74, 6) is -2.94. The Balaban J connectivity index is 1.78. The number of anilines is 1. The standard InChI is InChI=1S/C27H33ClN2O6/c1-5-7-14-35-26(34)20-19-11-12-27(36-19)21(20)24(32)30(17(4)15-31)23(27)25(33)29(13-6-2)22-16(3)9-8-10-18(22)28/h5-6,8-10,17,19-21,23,31H,1-2,7,11-15H2,3-4H3/t17-,19+,20-,21+,23?,27?/m1/s1. The molecule has 2 bridgehead atoms. The molecule has 1 N–H and O–H groups in total. The van der Waals surface area contributed by atoms with Gasteiger partial charge in [-0.05, 0) is 44.7 Å². The number of esters is 1. The van der Waals surface area contributed by atoms with Gasteiger partial charge in [-0.25, -0.2) is 0 Å². The van der Waals surface area contributed by atoms with E-state index in [1.165, 1.54) is 9.80 Å². The van der Waals surface area contributed by atoms with Crippen molar-refractivity contribution in [3.05, 3.63) is 54.1 Å². The van der Waals surface area contributed by atoms with E-state index in [1.54, 1.807) is 31.2 Å². The van der Waals surface area contributed by atoms with Crippen molar-refractivity contribution in [3.8, 4) is 0 Å². The summed E-state index contributed by atoms with van der Waals surface area (Å²) < 4.78 is 11.8. The molecule has 9 heteroatoms. The molecule has 8 nitrogen and oxygen atoms in total. The van der Waals surface area contributed by atoms with Crippen molar-refractivity contribution >= 4 is 35.1 Å². The molecule has 1 spiro atoms. The molecule has 2 unspecified atom stereocenters. The average Bonchev–Trinajstić information content (AvgIpc) is 3.50. The number of carbonyl (C=O) groups excluding carboxylic acids is 3. The van der Waals surface area contributed by atoms with Crippen LogP contribution in [-0.4, -0.2) is 71.3 Å². The minimum atomic E-state index is -1.20. The SMILES string of the molecule is C=CCCOC(=O)[C@@H]1[C@@H]2CCC3(O2)C(C(=O)N(CC=C)c2c(C)cccc2Cl)N([C@H](C)CO)C(=O)[C@H]13. The van der Waals surface area contributed by atoms with Gasteiger partial charge in [-0.3, -0.25) is 14.4 Å². The fourth-order valence-corrected chi connectivity index (χ4v) is 6.40. The van der Waals surface area contributed by atoms with Crippen molar-refractivity contribution in [1.82, 2.24) is 4.90 Å². The van der Waals surface area contributed by atoms with Gasteiger partial charge in [0.1, 0.15) is 11.6 Å². The van der Waals surface area contributed by atoms with Crippen LogP contribution in [-0.2, 0) is 23.9 Å². The Kier molecular flexibility index (Phi) is 7.59. The first kappa shape index (κ1) is 26.4. The third kappa shape index (κ3) is 4.05. The van der Waals surface area contributed by atoms with Crippen LogP contribution >= 0.6 is 11.6 Å². The van der Waals surface area contributed by atoms with E-state index in [0.29, 0.717) is 30.0 Å². The summed E-state index contributed by atoms with van der Waals surface area (Å²) in [6.07, 6.45) is 4.21. The fraction of sp³-hybridized carbons (Fsp3) is 0.519. The third-order valence-corrected chi connectivity index (χ3v) is 7.89. The summed E-state index contributed by atoms with van der Waals surface area (Å²) >= 11 is 6.53. The lowest BCUT2D eigenvalue weighted by Crippen LogP contribution is -2.58. The van der Waals surface area contributed by atoms with Crippen LogP contribution in [0.2, 0.25) is 5.02 Å². The van der Waals surface area contributed by atoms with E-state index in [4.69, 9.17) is 21.1 Å². The van der Waals surface area contributed by atoms with Gasteiger partial charge in [0.25, 0.3) is 5.91 Å². The molecule has 3 aliphatic rings. The molecule has 0 saturated carbocycles. The monoisotopic (exact) mass is 516 g/mol. The number of amides is 2. The predicted octanol–water partition coefficient (Wildman–Crippen LogP) is 3.04. The second kappa shape index (κ2) is 10.4. The van der Waals surface area contributed by atoms with Crippen molar-refractivity contribution in [2.75, 3.05) is 24.7 Å². The van der Waals surface area contributed by atoms with Crippen LogP contribution < -0.4 is 4.90 Å². The van der Waals surface area contributed by atoms with Crippen molar-refractivity contribution in [2.24, 2.45) is 11.8 Å². The molecule has 36 heavy (non-hydrogen) atoms. The number of carbonyl (C=O) groups is 3. The first-order valence-corrected chi connectivity index (χ1v) is 12.7. The highest BCUT2D eigenvalue weighted by molar-refractivity contribution is 6.34. The molecule has 0 aliphatic carbocycles. The molecule has 3 saturated heterocycles. The van der Waals surface area contributed by atoms with E-state index < -0.39 is 41.6 Å². The highest BCUT2D eigenvalue weighted by Crippen LogP contribution is 2.59. The topological polar surface area (TPSA) is 96.4 Å². The molecule has 3 aliphatic heterocycles. The molecule has 4 rings (SSSR count). The molecular formula is C27H33ClN2O6. The Labute approximate surface area is 216 Å². The van der Waals surface area contributed by atoms with E-state index >= 15 is 0 Å². The van der Waals surface area contributed by atoms with Crippen LogP contribution in [0.3, 0.4) is 0 Å². The number of aliphatic hydroxyl groups is 1. The van der Waals surface area contributed by atoms with Crippen LogP contribution in [0.1, 0.15) is 31.7 Å². The summed E-state index contributed by atoms with van der Waals surface area (Å²) in [7, 11) is 0. The lowest BCUT2D eigenvalue weighted by Gasteiger charge is -2.39. The number of likely N-dealkylation sites (tertiary alicyclic amines) is 1. The summed E-state index contributed by atoms with van der Waals surface area (Å²) in [5.41, 5.74) is 0.123. The zero-order valence-electron chi connectivity index (χ0n) is 20.7. The molecule has 1 aromatic carbocycles. The molecule has 1 aromatic rings. The number of aryl methyl sites for hydroxylation is 1. The highest BCUT2D eigenvalue weighted by Gasteiger charge is 2.75. The Bertz CT molecular complexity index is 1060. The van der Waals surface area contributed by atoms with Crippen molar-refractivity contribution in [2.45, 2.75) is 56.9 Å². The van der Waals surface area contributed by atoms with Crippen LogP contribution in [0.5, 0.6) is 0 Å². The van der Waals surface area contributed by atoms with Crippen LogP contribution in [0.25, 0.3) is 0 Å². The maximum atomic E-state index is 14.4. The minimum absolute atomic E-state index is 0.159. The number of nitrogens with zero attached hydrogens (tertiary/aromatic N) is 2. The molecule has 3 heterocycles. The van der Waals surface area contributed by atoms with Crippen molar-refractivity contribution < 1.29 is 29.0 Å². The number of benzene rings is 1. The zero-order chi connectivity index (χ0) is 26.2. The zero-order valence-corrected chi connectivity index (χ0v) is 21.4. The number of aliphatic hydroxyl groups excluding tert-OH is 1. The van der Waals surface area contributed by atoms with Crippen LogP contribution in [0.15, 0.2) is 43.5 Å². The van der Waals surface area contributed by atoms with E-state index in [0.717, 1.165) is 5.56 Å². The second-order valence-corrected chi connectivity index (χ2v) is 10.1. The number of hydrogen-bond acceptors (Lipinski definition) is 6. The molecule has 6 atom stereocenters. The molecule has 194 valence electrons. The van der Waals surface area contributed by atoms with Crippen molar-refractivity contribution in [3.63, 3.8) is 0 Å². The Morgan fingerprint density at radius 3 is 2.78 bits per heavy atom. The predicted molar refractivity (Wildman–Crippen MR) is 136 cm³/mol. The lowest BCUT2D eigenvalue weighted by molar-refractivity contribution is -0.155. The van der Waals surface area contributed by atoms with Gasteiger partial charge in [0.05, 0.1) is 47.9 Å². The maximum absolute atomic E-state index is 14.4. The van der Waals surface area contributed by atoms with Gasteiger partial charge >= 0.3 is 5.97 Å². The Hall–Kier alpha value is -2.68. The van der Waals surface area contributed by atoms with E-state index in [2.05, 4.69) is 13.2 Å². The summed E-state index contributed by atoms with van der Waals surface area (Å²) in [6, 6.07) is 3.66. The fourth-order valence-electron chi connectivity index (χ4n) is 6.07. The van der Waals surface area contributed by atoms with Gasteiger partial charge in [0.15, 0.2) is 0 Å². The van der Waals surface area contributed by atoms with E-state index in [1.807, 2.05) is 13.0 Å². The number of para-hydroxylation sites is 1. The second-order valence-electron chi connectivity index (χ2n) is 9.72. The first-order chi connectivity index (χ1) is 17.2. The number of rotatable bonds is 10. The normalized spacial score (nSPS) is 29.1. The van der Waals surface area contributed by atoms with Gasteiger partial charge in [-0.1, -0.05) is 35.9 Å². The minimum Gasteiger partial charge on any atom is -0.465 e. The average molecular weight is 517 g/mol. The number of ether oxygens (including phenoxy) is 2. The number of fused-ring (bicyclic) bond motifs is 1. The summed E-state index contributed by atoms with van der Waals surface area (Å²) in [4.78, 5) is 44.2. The van der Waals surface area contributed by atoms with E-state index in [9.17, 15) is 19.5 Å². The first-order valence-electron chi connectivity index (χ1n) is 12.3. The van der Waals surface area contributed by atoms with Gasteiger partial charge in [0.2, 0.25) is 5.91 Å². The number of halogens is 1. The highest BCUT2D eigenvalue weighted by atomic mass is 35.5.